The normalized spacial score (nSPS) is 11.0. The van der Waals surface area contributed by atoms with Crippen LogP contribution < -0.4 is 0 Å². The Balaban J connectivity index is 0.00000574. The molecule has 0 amide bonds. The van der Waals surface area contributed by atoms with Gasteiger partial charge in [-0.25, -0.2) is 0 Å². The summed E-state index contributed by atoms with van der Waals surface area (Å²) in [4.78, 5) is 13.9. The van der Waals surface area contributed by atoms with E-state index >= 15 is 0 Å². The van der Waals surface area contributed by atoms with Crippen molar-refractivity contribution in [3.8, 4) is 123 Å². The maximum atomic E-state index is 4.74. The number of aromatic nitrogens is 5. The minimum Gasteiger partial charge on any atom is -0.373 e. The van der Waals surface area contributed by atoms with Crippen LogP contribution in [0.3, 0.4) is 0 Å². The molecule has 0 saturated heterocycles. The van der Waals surface area contributed by atoms with Crippen LogP contribution in [0.5, 0.6) is 0 Å². The van der Waals surface area contributed by atoms with E-state index in [1.807, 2.05) is 72.4 Å². The van der Waals surface area contributed by atoms with Crippen LogP contribution in [-0.4, -0.2) is 24.1 Å². The molecule has 0 fully saturated rings. The van der Waals surface area contributed by atoms with Crippen molar-refractivity contribution in [1.82, 2.24) is 24.1 Å². The monoisotopic (exact) mass is 1110 g/mol. The van der Waals surface area contributed by atoms with Crippen molar-refractivity contribution in [3.05, 3.63) is 262 Å². The summed E-state index contributed by atoms with van der Waals surface area (Å²) in [6.45, 7) is 0. The molecule has 0 radical (unpaired) electrons. The fourth-order valence-corrected chi connectivity index (χ4v) is 9.85. The molecule has 0 saturated carbocycles. The van der Waals surface area contributed by atoms with Gasteiger partial charge in [-0.1, -0.05) is 178 Å². The van der Waals surface area contributed by atoms with E-state index in [-0.39, 0.29) is 20.1 Å². The van der Waals surface area contributed by atoms with Crippen molar-refractivity contribution in [2.75, 3.05) is 0 Å². The molecule has 3 heterocycles. The Bertz CT molecular complexity index is 3710. The van der Waals surface area contributed by atoms with E-state index < -0.39 is 0 Å². The molecule has 12 aromatic rings. The minimum atomic E-state index is 0. The fourth-order valence-electron chi connectivity index (χ4n) is 9.85. The quantitative estimate of drug-likeness (QED) is 0.121. The van der Waals surface area contributed by atoms with Gasteiger partial charge < -0.3 is 14.1 Å². The van der Waals surface area contributed by atoms with Crippen LogP contribution in [0.2, 0.25) is 0 Å². The second kappa shape index (κ2) is 20.5. The number of rotatable bonds is 11. The van der Waals surface area contributed by atoms with Crippen LogP contribution in [-0.2, 0) is 34.2 Å². The molecule has 0 aliphatic carbocycles. The summed E-state index contributed by atoms with van der Waals surface area (Å²) in [5.41, 5.74) is 21.5. The van der Waals surface area contributed by atoms with Gasteiger partial charge in [-0.2, -0.15) is 0 Å². The molecule has 348 valence electrons. The zero-order chi connectivity index (χ0) is 48.4. The van der Waals surface area contributed by atoms with E-state index in [1.165, 1.54) is 11.1 Å². The van der Waals surface area contributed by atoms with E-state index in [0.717, 1.165) is 112 Å². The molecule has 0 N–H and O–H groups in total. The van der Waals surface area contributed by atoms with Crippen molar-refractivity contribution in [2.24, 2.45) is 14.1 Å². The topological polar surface area (TPSA) is 48.5 Å². The van der Waals surface area contributed by atoms with Crippen molar-refractivity contribution in [3.63, 3.8) is 0 Å². The molecule has 0 spiro atoms. The predicted octanol–water partition coefficient (Wildman–Crippen LogP) is 16.3. The van der Waals surface area contributed by atoms with Crippen LogP contribution in [0, 0.1) is 18.2 Å². The van der Waals surface area contributed by atoms with Gasteiger partial charge in [0.1, 0.15) is 0 Å². The molecule has 0 atom stereocenters. The molecule has 0 aliphatic heterocycles. The maximum Gasteiger partial charge on any atom is 3.00 e. The van der Waals surface area contributed by atoms with E-state index in [2.05, 4.69) is 222 Å². The van der Waals surface area contributed by atoms with Gasteiger partial charge in [-0.05, 0) is 80.0 Å². The van der Waals surface area contributed by atoms with Gasteiger partial charge in [0, 0.05) is 45.1 Å². The molecule has 3 aromatic heterocycles. The van der Waals surface area contributed by atoms with Crippen molar-refractivity contribution in [2.45, 2.75) is 0 Å². The maximum absolute atomic E-state index is 4.74. The molecule has 9 aromatic carbocycles. The third kappa shape index (κ3) is 9.34. The minimum absolute atomic E-state index is 0. The van der Waals surface area contributed by atoms with Gasteiger partial charge in [0.2, 0.25) is 0 Å². The number of benzene rings is 9. The molecule has 6 heteroatoms. The molecule has 0 aliphatic rings. The Labute approximate surface area is 440 Å². The molecular formula is C67H46IrN5. The second-order valence-corrected chi connectivity index (χ2v) is 18.0. The molecule has 12 rings (SSSR count). The number of aryl methyl sites for hydroxylation is 2. The van der Waals surface area contributed by atoms with E-state index in [9.17, 15) is 0 Å². The molecule has 0 bridgehead atoms. The third-order valence-corrected chi connectivity index (χ3v) is 13.5. The summed E-state index contributed by atoms with van der Waals surface area (Å²) in [6, 6.07) is 86.6. The summed E-state index contributed by atoms with van der Waals surface area (Å²) in [5, 5.41) is 0. The number of nitrogens with zero attached hydrogens (tertiary/aromatic N) is 5. The van der Waals surface area contributed by atoms with Crippen LogP contribution >= 0.6 is 0 Å². The first-order valence-electron chi connectivity index (χ1n) is 24.1. The average molecular weight is 1110 g/mol. The summed E-state index contributed by atoms with van der Waals surface area (Å²) in [7, 11) is 4.02. The van der Waals surface area contributed by atoms with Crippen LogP contribution in [0.1, 0.15) is 0 Å². The first kappa shape index (κ1) is 46.6. The van der Waals surface area contributed by atoms with Crippen LogP contribution in [0.15, 0.2) is 243 Å². The van der Waals surface area contributed by atoms with E-state index in [1.54, 1.807) is 0 Å². The molecule has 5 nitrogen and oxygen atoms in total. The average Bonchev–Trinajstić information content (AvgIpc) is 4.10. The first-order chi connectivity index (χ1) is 35.5. The van der Waals surface area contributed by atoms with Crippen molar-refractivity contribution in [1.29, 1.82) is 0 Å². The largest absolute Gasteiger partial charge is 3.00 e. The van der Waals surface area contributed by atoms with E-state index in [4.69, 9.17) is 4.98 Å². The molecular weight excluding hydrogens is 1070 g/mol. The van der Waals surface area contributed by atoms with Gasteiger partial charge >= 0.3 is 20.1 Å². The SMILES string of the molecule is Cn1ccnc1-c1[c-]cc(-c2ccccc2-c2cc(-c3ccccc3-c3c[c-]c(-c4nccn4C)cc3)cc(-c3ccccc3-c3c[c-]c(-c4ccccn4)cc3-c3ccc(-c4ccccc4)cc3)c2)cc1.[Ir+3]. The van der Waals surface area contributed by atoms with Gasteiger partial charge in [0.15, 0.2) is 0 Å². The zero-order valence-corrected chi connectivity index (χ0v) is 42.6. The van der Waals surface area contributed by atoms with Gasteiger partial charge in [-0.15, -0.1) is 83.4 Å². The Morgan fingerprint density at radius 2 is 0.726 bits per heavy atom. The van der Waals surface area contributed by atoms with E-state index in [0.29, 0.717) is 0 Å². The van der Waals surface area contributed by atoms with Crippen molar-refractivity contribution >= 4 is 0 Å². The van der Waals surface area contributed by atoms with Crippen LogP contribution in [0.4, 0.5) is 0 Å². The van der Waals surface area contributed by atoms with Crippen LogP contribution in [0.25, 0.3) is 123 Å². The van der Waals surface area contributed by atoms with Crippen molar-refractivity contribution < 1.29 is 20.1 Å². The fraction of sp³-hybridized carbons (Fsp3) is 0.0299. The summed E-state index contributed by atoms with van der Waals surface area (Å²) >= 11 is 0. The third-order valence-electron chi connectivity index (χ3n) is 13.5. The second-order valence-electron chi connectivity index (χ2n) is 18.0. The van der Waals surface area contributed by atoms with Gasteiger partial charge in [0.25, 0.3) is 0 Å². The molecule has 0 unspecified atom stereocenters. The zero-order valence-electron chi connectivity index (χ0n) is 40.2. The standard InChI is InChI=1S/C67H46N5.Ir/c1-71-40-38-69-66(71)51-31-27-48(28-32-51)57-16-6-8-18-59(57)54-42-55(60-19-9-7-17-58(60)49-29-33-52(34-30-49)67-70-39-41-72(67)2)44-56(43-54)61-20-10-11-21-62(61)63-36-35-53(65-22-12-13-37-68-65)45-64(63)50-25-23-47(24-26-50)46-14-4-3-5-15-46;/h3-31,33,36-45H,1-2H3;/q-3;+3. The Morgan fingerprint density at radius 3 is 1.19 bits per heavy atom. The smallest absolute Gasteiger partial charge is 0.373 e. The molecule has 73 heavy (non-hydrogen) atoms. The predicted molar refractivity (Wildman–Crippen MR) is 294 cm³/mol. The summed E-state index contributed by atoms with van der Waals surface area (Å²) in [6.07, 6.45) is 9.40. The number of pyridine rings is 1. The Morgan fingerprint density at radius 1 is 0.301 bits per heavy atom. The summed E-state index contributed by atoms with van der Waals surface area (Å²) in [5.74, 6) is 1.76. The summed E-state index contributed by atoms with van der Waals surface area (Å²) < 4.78 is 4.04. The van der Waals surface area contributed by atoms with Gasteiger partial charge in [0.05, 0.1) is 11.6 Å². The number of hydrogen-bond donors (Lipinski definition) is 0. The van der Waals surface area contributed by atoms with Gasteiger partial charge in [-0.3, -0.25) is 9.97 Å². The Hall–Kier alpha value is -8.80. The number of imidazole rings is 2. The Kier molecular flexibility index (Phi) is 13.1. The number of hydrogen-bond acceptors (Lipinski definition) is 3. The first-order valence-corrected chi connectivity index (χ1v) is 24.1.